The fourth-order valence-electron chi connectivity index (χ4n) is 2.91. The molecule has 1 aliphatic rings. The van der Waals surface area contributed by atoms with Gasteiger partial charge in [0.15, 0.2) is 0 Å². The van der Waals surface area contributed by atoms with Gasteiger partial charge in [0, 0.05) is 12.6 Å². The molecule has 1 amide bonds. The maximum atomic E-state index is 12.2. The second-order valence-electron chi connectivity index (χ2n) is 6.36. The smallest absolute Gasteiger partial charge is 0.410 e. The van der Waals surface area contributed by atoms with Gasteiger partial charge in [-0.1, -0.05) is 55.3 Å². The van der Waals surface area contributed by atoms with Gasteiger partial charge in [-0.25, -0.2) is 4.79 Å². The highest BCUT2D eigenvalue weighted by atomic mass is 16.6. The van der Waals surface area contributed by atoms with Crippen molar-refractivity contribution >= 4 is 12.2 Å². The van der Waals surface area contributed by atoms with Crippen molar-refractivity contribution < 1.29 is 9.53 Å². The highest BCUT2D eigenvalue weighted by molar-refractivity contribution is 5.68. The molecule has 0 aromatic heterocycles. The Morgan fingerprint density at radius 3 is 2.83 bits per heavy atom. The maximum Gasteiger partial charge on any atom is 0.410 e. The minimum absolute atomic E-state index is 0.133. The molecule has 2 rings (SSSR count). The SMILES string of the molecule is CCCCOC(=O)N1CCCCC1CC=Cc1ccc(C)cc1. The number of aryl methyl sites for hydroxylation is 1. The van der Waals surface area contributed by atoms with Gasteiger partial charge < -0.3 is 9.64 Å². The highest BCUT2D eigenvalue weighted by Gasteiger charge is 2.26. The van der Waals surface area contributed by atoms with Gasteiger partial charge in [-0.15, -0.1) is 0 Å². The third kappa shape index (κ3) is 5.74. The van der Waals surface area contributed by atoms with Crippen LogP contribution in [0.5, 0.6) is 0 Å². The number of rotatable bonds is 6. The lowest BCUT2D eigenvalue weighted by atomic mass is 9.99. The number of amides is 1. The van der Waals surface area contributed by atoms with Crippen LogP contribution < -0.4 is 0 Å². The molecule has 0 aliphatic carbocycles. The average molecular weight is 315 g/mol. The zero-order valence-corrected chi connectivity index (χ0v) is 14.5. The monoisotopic (exact) mass is 315 g/mol. The zero-order valence-electron chi connectivity index (χ0n) is 14.5. The van der Waals surface area contributed by atoms with E-state index in [9.17, 15) is 4.79 Å². The molecule has 0 radical (unpaired) electrons. The van der Waals surface area contributed by atoms with Gasteiger partial charge in [0.2, 0.25) is 0 Å². The average Bonchev–Trinajstić information content (AvgIpc) is 2.57. The molecule has 3 heteroatoms. The first-order chi connectivity index (χ1) is 11.2. The van der Waals surface area contributed by atoms with E-state index in [0.717, 1.165) is 38.6 Å². The molecule has 126 valence electrons. The van der Waals surface area contributed by atoms with Crippen LogP contribution >= 0.6 is 0 Å². The Labute approximate surface area is 140 Å². The maximum absolute atomic E-state index is 12.2. The van der Waals surface area contributed by atoms with Crippen LogP contribution in [0.2, 0.25) is 0 Å². The number of piperidine rings is 1. The summed E-state index contributed by atoms with van der Waals surface area (Å²) in [5, 5.41) is 0. The van der Waals surface area contributed by atoms with E-state index >= 15 is 0 Å². The van der Waals surface area contributed by atoms with Gasteiger partial charge in [0.1, 0.15) is 0 Å². The van der Waals surface area contributed by atoms with Gasteiger partial charge >= 0.3 is 6.09 Å². The molecule has 0 spiro atoms. The molecule has 1 aromatic carbocycles. The van der Waals surface area contributed by atoms with Crippen molar-refractivity contribution in [3.63, 3.8) is 0 Å². The Morgan fingerprint density at radius 2 is 2.09 bits per heavy atom. The predicted octanol–water partition coefficient (Wildman–Crippen LogP) is 5.19. The van der Waals surface area contributed by atoms with Gasteiger partial charge in [0.25, 0.3) is 0 Å². The van der Waals surface area contributed by atoms with E-state index in [1.165, 1.54) is 17.5 Å². The van der Waals surface area contributed by atoms with E-state index in [2.05, 4.69) is 50.3 Å². The first-order valence-corrected chi connectivity index (χ1v) is 8.87. The minimum atomic E-state index is -0.133. The third-order valence-electron chi connectivity index (χ3n) is 4.38. The van der Waals surface area contributed by atoms with E-state index < -0.39 is 0 Å². The molecule has 0 N–H and O–H groups in total. The molecule has 1 aromatic rings. The number of likely N-dealkylation sites (tertiary alicyclic amines) is 1. The van der Waals surface area contributed by atoms with E-state index in [1.807, 2.05) is 4.90 Å². The predicted molar refractivity (Wildman–Crippen MR) is 95.4 cm³/mol. The number of carbonyl (C=O) groups is 1. The van der Waals surface area contributed by atoms with Crippen LogP contribution in [0.15, 0.2) is 30.3 Å². The number of carbonyl (C=O) groups excluding carboxylic acids is 1. The van der Waals surface area contributed by atoms with Crippen LogP contribution in [-0.4, -0.2) is 30.2 Å². The lowest BCUT2D eigenvalue weighted by Crippen LogP contribution is -2.43. The molecular formula is C20H29NO2. The summed E-state index contributed by atoms with van der Waals surface area (Å²) >= 11 is 0. The summed E-state index contributed by atoms with van der Waals surface area (Å²) in [5.41, 5.74) is 2.49. The molecule has 1 atom stereocenters. The fourth-order valence-corrected chi connectivity index (χ4v) is 2.91. The summed E-state index contributed by atoms with van der Waals surface area (Å²) in [4.78, 5) is 14.2. The minimum Gasteiger partial charge on any atom is -0.449 e. The summed E-state index contributed by atoms with van der Waals surface area (Å²) in [5.74, 6) is 0. The Morgan fingerprint density at radius 1 is 1.30 bits per heavy atom. The van der Waals surface area contributed by atoms with Crippen molar-refractivity contribution in [1.82, 2.24) is 4.90 Å². The van der Waals surface area contributed by atoms with Gasteiger partial charge in [-0.05, 0) is 44.6 Å². The molecule has 3 nitrogen and oxygen atoms in total. The molecule has 1 heterocycles. The lowest BCUT2D eigenvalue weighted by Gasteiger charge is -2.34. The largest absolute Gasteiger partial charge is 0.449 e. The number of hydrogen-bond donors (Lipinski definition) is 0. The number of unbranched alkanes of at least 4 members (excludes halogenated alkanes) is 1. The van der Waals surface area contributed by atoms with Gasteiger partial charge in [-0.2, -0.15) is 0 Å². The second-order valence-corrected chi connectivity index (χ2v) is 6.36. The quantitative estimate of drug-likeness (QED) is 0.676. The van der Waals surface area contributed by atoms with Crippen molar-refractivity contribution in [2.24, 2.45) is 0 Å². The van der Waals surface area contributed by atoms with Crippen molar-refractivity contribution in [3.8, 4) is 0 Å². The normalized spacial score (nSPS) is 18.3. The van der Waals surface area contributed by atoms with E-state index in [-0.39, 0.29) is 12.1 Å². The summed E-state index contributed by atoms with van der Waals surface area (Å²) in [6, 6.07) is 8.78. The molecule has 0 saturated carbocycles. The van der Waals surface area contributed by atoms with E-state index in [1.54, 1.807) is 0 Å². The summed E-state index contributed by atoms with van der Waals surface area (Å²) in [6.07, 6.45) is 10.4. The number of hydrogen-bond acceptors (Lipinski definition) is 2. The first kappa shape index (κ1) is 17.6. The zero-order chi connectivity index (χ0) is 16.5. The Balaban J connectivity index is 1.87. The number of benzene rings is 1. The van der Waals surface area contributed by atoms with Crippen molar-refractivity contribution in [3.05, 3.63) is 41.5 Å². The van der Waals surface area contributed by atoms with E-state index in [4.69, 9.17) is 4.74 Å². The van der Waals surface area contributed by atoms with Crippen molar-refractivity contribution in [1.29, 1.82) is 0 Å². The molecule has 1 saturated heterocycles. The molecule has 1 aliphatic heterocycles. The van der Waals surface area contributed by atoms with Crippen LogP contribution in [0.4, 0.5) is 4.79 Å². The topological polar surface area (TPSA) is 29.5 Å². The standard InChI is InChI=1S/C20H29NO2/c1-3-4-16-23-20(22)21-15-6-5-9-19(21)10-7-8-18-13-11-17(2)12-14-18/h7-8,11-14,19H,3-6,9-10,15-16H2,1-2H3. The molecule has 1 fully saturated rings. The van der Waals surface area contributed by atoms with Crippen LogP contribution in [0.25, 0.3) is 6.08 Å². The van der Waals surface area contributed by atoms with Crippen molar-refractivity contribution in [2.45, 2.75) is 58.4 Å². The Bertz CT molecular complexity index is 507. The highest BCUT2D eigenvalue weighted by Crippen LogP contribution is 2.21. The van der Waals surface area contributed by atoms with E-state index in [0.29, 0.717) is 6.61 Å². The molecular weight excluding hydrogens is 286 g/mol. The summed E-state index contributed by atoms with van der Waals surface area (Å²) in [6.45, 7) is 5.57. The number of ether oxygens (including phenoxy) is 1. The summed E-state index contributed by atoms with van der Waals surface area (Å²) < 4.78 is 5.39. The molecule has 23 heavy (non-hydrogen) atoms. The molecule has 0 bridgehead atoms. The van der Waals surface area contributed by atoms with Crippen LogP contribution in [0.3, 0.4) is 0 Å². The van der Waals surface area contributed by atoms with Crippen LogP contribution in [-0.2, 0) is 4.74 Å². The summed E-state index contributed by atoms with van der Waals surface area (Å²) in [7, 11) is 0. The lowest BCUT2D eigenvalue weighted by molar-refractivity contribution is 0.0729. The molecule has 1 unspecified atom stereocenters. The van der Waals surface area contributed by atoms with Crippen LogP contribution in [0, 0.1) is 6.92 Å². The van der Waals surface area contributed by atoms with Crippen molar-refractivity contribution in [2.75, 3.05) is 13.2 Å². The number of nitrogens with zero attached hydrogens (tertiary/aromatic N) is 1. The second kappa shape index (κ2) is 9.39. The Kier molecular flexibility index (Phi) is 7.18. The Hall–Kier alpha value is -1.77. The third-order valence-corrected chi connectivity index (χ3v) is 4.38. The van der Waals surface area contributed by atoms with Crippen LogP contribution in [0.1, 0.15) is 56.6 Å². The van der Waals surface area contributed by atoms with Gasteiger partial charge in [-0.3, -0.25) is 0 Å². The van der Waals surface area contributed by atoms with Gasteiger partial charge in [0.05, 0.1) is 6.61 Å². The fraction of sp³-hybridized carbons (Fsp3) is 0.550. The first-order valence-electron chi connectivity index (χ1n) is 8.87.